The number of nitrogens with zero attached hydrogens (tertiary/aromatic N) is 5. The molecule has 0 aliphatic rings. The van der Waals surface area contributed by atoms with Crippen LogP contribution < -0.4 is 5.32 Å². The van der Waals surface area contributed by atoms with Crippen LogP contribution in [0.25, 0.3) is 11.3 Å². The van der Waals surface area contributed by atoms with Gasteiger partial charge in [-0.15, -0.1) is 16.4 Å². The number of tetrazole rings is 1. The van der Waals surface area contributed by atoms with Crippen LogP contribution in [-0.4, -0.2) is 31.1 Å². The fraction of sp³-hybridized carbons (Fsp3) is 0.190. The van der Waals surface area contributed by atoms with Crippen molar-refractivity contribution < 1.29 is 9.18 Å². The van der Waals surface area contributed by atoms with Crippen LogP contribution in [0, 0.1) is 19.7 Å². The Kier molecular flexibility index (Phi) is 5.62. The molecule has 2 aromatic carbocycles. The number of aryl methyl sites for hydroxylation is 2. The van der Waals surface area contributed by atoms with E-state index in [9.17, 15) is 9.18 Å². The lowest BCUT2D eigenvalue weighted by Crippen LogP contribution is -2.29. The van der Waals surface area contributed by atoms with Crippen molar-refractivity contribution in [2.75, 3.05) is 5.32 Å². The van der Waals surface area contributed by atoms with Gasteiger partial charge in [-0.25, -0.2) is 14.1 Å². The number of anilines is 1. The number of benzene rings is 2. The number of nitrogens with one attached hydrogen (secondary N) is 1. The lowest BCUT2D eigenvalue weighted by atomic mass is 10.1. The predicted molar refractivity (Wildman–Crippen MR) is 113 cm³/mol. The molecule has 4 rings (SSSR count). The van der Waals surface area contributed by atoms with Crippen LogP contribution in [0.1, 0.15) is 23.0 Å². The maximum absolute atomic E-state index is 13.6. The van der Waals surface area contributed by atoms with Gasteiger partial charge < -0.3 is 5.32 Å². The predicted octanol–water partition coefficient (Wildman–Crippen LogP) is 3.98. The molecular weight excluding hydrogens is 403 g/mol. The van der Waals surface area contributed by atoms with E-state index in [-0.39, 0.29) is 18.1 Å². The average molecular weight is 422 g/mol. The van der Waals surface area contributed by atoms with Crippen molar-refractivity contribution in [1.29, 1.82) is 0 Å². The van der Waals surface area contributed by atoms with Gasteiger partial charge in [-0.05, 0) is 47.5 Å². The van der Waals surface area contributed by atoms with E-state index in [4.69, 9.17) is 0 Å². The molecule has 0 aliphatic carbocycles. The minimum absolute atomic E-state index is 0.242. The minimum atomic E-state index is -0.743. The highest BCUT2D eigenvalue weighted by atomic mass is 32.1. The van der Waals surface area contributed by atoms with Gasteiger partial charge in [0.15, 0.2) is 5.13 Å². The summed E-state index contributed by atoms with van der Waals surface area (Å²) in [6.07, 6.45) is 0.242. The summed E-state index contributed by atoms with van der Waals surface area (Å²) in [4.78, 5) is 17.7. The van der Waals surface area contributed by atoms with Crippen molar-refractivity contribution in [1.82, 2.24) is 25.2 Å². The van der Waals surface area contributed by atoms with E-state index >= 15 is 0 Å². The maximum atomic E-state index is 13.6. The number of rotatable bonds is 6. The first-order chi connectivity index (χ1) is 14.5. The second kappa shape index (κ2) is 8.50. The first kappa shape index (κ1) is 19.8. The van der Waals surface area contributed by atoms with Crippen LogP contribution in [0.2, 0.25) is 0 Å². The van der Waals surface area contributed by atoms with Crippen molar-refractivity contribution in [2.24, 2.45) is 0 Å². The molecule has 0 radical (unpaired) electrons. The van der Waals surface area contributed by atoms with E-state index in [1.165, 1.54) is 28.2 Å². The smallest absolute Gasteiger partial charge is 0.251 e. The van der Waals surface area contributed by atoms with E-state index in [0.717, 1.165) is 16.8 Å². The molecule has 4 aromatic rings. The van der Waals surface area contributed by atoms with Crippen LogP contribution in [0.5, 0.6) is 0 Å². The third-order valence-corrected chi connectivity index (χ3v) is 5.49. The molecule has 9 heteroatoms. The molecule has 30 heavy (non-hydrogen) atoms. The molecule has 0 bridgehead atoms. The third-order valence-electron chi connectivity index (χ3n) is 4.73. The fourth-order valence-electron chi connectivity index (χ4n) is 3.21. The van der Waals surface area contributed by atoms with Crippen molar-refractivity contribution >= 4 is 22.4 Å². The molecule has 152 valence electrons. The number of carbonyl (C=O) groups excluding carboxylic acids is 1. The monoisotopic (exact) mass is 422 g/mol. The number of amides is 1. The molecule has 1 N–H and O–H groups in total. The Hall–Kier alpha value is -3.46. The minimum Gasteiger partial charge on any atom is -0.300 e. The van der Waals surface area contributed by atoms with E-state index in [2.05, 4.69) is 25.8 Å². The maximum Gasteiger partial charge on any atom is 0.251 e. The molecular formula is C21H19FN6OS. The molecule has 2 heterocycles. The van der Waals surface area contributed by atoms with Gasteiger partial charge in [0.1, 0.15) is 17.7 Å². The van der Waals surface area contributed by atoms with Gasteiger partial charge >= 0.3 is 0 Å². The summed E-state index contributed by atoms with van der Waals surface area (Å²) in [6, 6.07) is 13.3. The Morgan fingerprint density at radius 2 is 2.03 bits per heavy atom. The van der Waals surface area contributed by atoms with E-state index in [1.807, 2.05) is 36.6 Å². The van der Waals surface area contributed by atoms with Crippen LogP contribution in [0.15, 0.2) is 53.9 Å². The highest BCUT2D eigenvalue weighted by Crippen LogP contribution is 2.28. The second-order valence-corrected chi connectivity index (χ2v) is 7.72. The van der Waals surface area contributed by atoms with E-state index in [1.54, 1.807) is 19.1 Å². The molecule has 7 nitrogen and oxygen atoms in total. The van der Waals surface area contributed by atoms with Gasteiger partial charge in [0.05, 0.1) is 5.69 Å². The van der Waals surface area contributed by atoms with Crippen molar-refractivity contribution in [3.8, 4) is 11.3 Å². The van der Waals surface area contributed by atoms with Crippen molar-refractivity contribution in [2.45, 2.75) is 26.3 Å². The Morgan fingerprint density at radius 3 is 2.77 bits per heavy atom. The Labute approximate surface area is 176 Å². The Balaban J connectivity index is 1.58. The summed E-state index contributed by atoms with van der Waals surface area (Å²) in [7, 11) is 0. The highest BCUT2D eigenvalue weighted by Gasteiger charge is 2.25. The average Bonchev–Trinajstić information content (AvgIpc) is 3.35. The molecule has 2 aromatic heterocycles. The van der Waals surface area contributed by atoms with Gasteiger partial charge in [0, 0.05) is 17.4 Å². The highest BCUT2D eigenvalue weighted by molar-refractivity contribution is 7.14. The lowest BCUT2D eigenvalue weighted by molar-refractivity contribution is -0.119. The molecule has 0 saturated heterocycles. The quantitative estimate of drug-likeness (QED) is 0.508. The number of carbonyl (C=O) groups is 1. The van der Waals surface area contributed by atoms with Crippen molar-refractivity contribution in [3.63, 3.8) is 0 Å². The summed E-state index contributed by atoms with van der Waals surface area (Å²) in [6.45, 7) is 3.73. The number of thiazole rings is 1. The third kappa shape index (κ3) is 4.25. The van der Waals surface area contributed by atoms with Gasteiger partial charge in [-0.3, -0.25) is 4.79 Å². The molecule has 0 spiro atoms. The second-order valence-electron chi connectivity index (χ2n) is 6.86. The van der Waals surface area contributed by atoms with Gasteiger partial charge in [0.25, 0.3) is 5.91 Å². The Morgan fingerprint density at radius 1 is 1.20 bits per heavy atom. The number of hydrogen-bond donors (Lipinski definition) is 1. The zero-order valence-corrected chi connectivity index (χ0v) is 17.2. The molecule has 1 amide bonds. The van der Waals surface area contributed by atoms with Crippen LogP contribution in [0.4, 0.5) is 9.52 Å². The lowest BCUT2D eigenvalue weighted by Gasteiger charge is -2.16. The zero-order valence-electron chi connectivity index (χ0n) is 16.4. The molecule has 1 unspecified atom stereocenters. The molecule has 1 atom stereocenters. The van der Waals surface area contributed by atoms with Crippen LogP contribution in [-0.2, 0) is 11.2 Å². The van der Waals surface area contributed by atoms with Crippen LogP contribution >= 0.6 is 11.3 Å². The summed E-state index contributed by atoms with van der Waals surface area (Å²) in [5, 5.41) is 16.7. The van der Waals surface area contributed by atoms with Crippen molar-refractivity contribution in [3.05, 3.63) is 76.7 Å². The van der Waals surface area contributed by atoms with Gasteiger partial charge in [-0.2, -0.15) is 0 Å². The normalized spacial score (nSPS) is 12.0. The number of hydrogen-bond acceptors (Lipinski definition) is 6. The summed E-state index contributed by atoms with van der Waals surface area (Å²) < 4.78 is 15.1. The van der Waals surface area contributed by atoms with Crippen LogP contribution in [0.3, 0.4) is 0 Å². The van der Waals surface area contributed by atoms with Gasteiger partial charge in [-0.1, -0.05) is 36.4 Å². The Bertz CT molecular complexity index is 1190. The first-order valence-corrected chi connectivity index (χ1v) is 10.2. The number of halogens is 1. The van der Waals surface area contributed by atoms with Gasteiger partial charge in [0.2, 0.25) is 0 Å². The topological polar surface area (TPSA) is 85.6 Å². The molecule has 0 saturated carbocycles. The number of aromatic nitrogens is 5. The standard InChI is InChI=1S/C21H19FN6OS/c1-13-6-3-4-9-17(13)18-12-30-21(23-18)24-20(29)19(28-14(2)25-26-27-28)11-15-7-5-8-16(22)10-15/h3-10,12,19H,11H2,1-2H3,(H,23,24,29). The zero-order chi connectivity index (χ0) is 21.1. The largest absolute Gasteiger partial charge is 0.300 e. The van der Waals surface area contributed by atoms with E-state index in [0.29, 0.717) is 16.5 Å². The summed E-state index contributed by atoms with van der Waals surface area (Å²) in [5.41, 5.74) is 3.59. The molecule has 0 aliphatic heterocycles. The summed E-state index contributed by atoms with van der Waals surface area (Å²) in [5.74, 6) is -0.186. The SMILES string of the molecule is Cc1ccccc1-c1csc(NC(=O)C(Cc2cccc(F)c2)n2nnnc2C)n1. The van der Waals surface area contributed by atoms with E-state index < -0.39 is 6.04 Å². The molecule has 0 fully saturated rings. The fourth-order valence-corrected chi connectivity index (χ4v) is 3.92. The first-order valence-electron chi connectivity index (χ1n) is 9.32. The summed E-state index contributed by atoms with van der Waals surface area (Å²) >= 11 is 1.35.